The number of hydrogen-bond acceptors (Lipinski definition) is 5. The van der Waals surface area contributed by atoms with Gasteiger partial charge in [0.05, 0.1) is 5.69 Å². The van der Waals surface area contributed by atoms with Crippen LogP contribution in [-0.4, -0.2) is 18.5 Å². The smallest absolute Gasteiger partial charge is 0.348 e. The number of carbonyl (C=O) groups is 2. The van der Waals surface area contributed by atoms with E-state index in [-0.39, 0.29) is 5.69 Å². The Bertz CT molecular complexity index is 665. The van der Waals surface area contributed by atoms with Crippen molar-refractivity contribution in [3.63, 3.8) is 0 Å². The zero-order chi connectivity index (χ0) is 15.4. The summed E-state index contributed by atoms with van der Waals surface area (Å²) in [4.78, 5) is 24.4. The molecule has 0 unspecified atom stereocenters. The van der Waals surface area contributed by atoms with Gasteiger partial charge in [0, 0.05) is 10.6 Å². The predicted molar refractivity (Wildman–Crippen MR) is 78.8 cm³/mol. The molecule has 0 bridgehead atoms. The first-order valence-corrected chi connectivity index (χ1v) is 6.86. The summed E-state index contributed by atoms with van der Waals surface area (Å²) in [6, 6.07) is 7.23. The van der Waals surface area contributed by atoms with E-state index in [2.05, 4.69) is 5.32 Å². The zero-order valence-electron chi connectivity index (χ0n) is 11.2. The molecule has 110 valence electrons. The lowest BCUT2D eigenvalue weighted by atomic mass is 10.3. The van der Waals surface area contributed by atoms with Gasteiger partial charge < -0.3 is 15.8 Å². The highest BCUT2D eigenvalue weighted by molar-refractivity contribution is 7.14. The summed E-state index contributed by atoms with van der Waals surface area (Å²) >= 11 is 1.19. The fraction of sp³-hybridized carbons (Fsp3) is 0.143. The van der Waals surface area contributed by atoms with Crippen LogP contribution in [0.15, 0.2) is 30.3 Å². The van der Waals surface area contributed by atoms with E-state index < -0.39 is 24.3 Å². The number of halogens is 1. The SMILES string of the molecule is Cc1sc(C(=O)OCC(=O)Nc2ccccc2F)cc1N. The highest BCUT2D eigenvalue weighted by Crippen LogP contribution is 2.23. The van der Waals surface area contributed by atoms with Gasteiger partial charge in [-0.3, -0.25) is 4.79 Å². The topological polar surface area (TPSA) is 81.4 Å². The number of hydrogen-bond donors (Lipinski definition) is 2. The van der Waals surface area contributed by atoms with Crippen LogP contribution in [0.4, 0.5) is 15.8 Å². The van der Waals surface area contributed by atoms with Crippen LogP contribution in [0, 0.1) is 12.7 Å². The van der Waals surface area contributed by atoms with Gasteiger partial charge in [-0.05, 0) is 25.1 Å². The molecular weight excluding hydrogens is 295 g/mol. The average Bonchev–Trinajstić information content (AvgIpc) is 2.79. The van der Waals surface area contributed by atoms with E-state index in [0.717, 1.165) is 4.88 Å². The minimum atomic E-state index is -0.636. The molecule has 0 atom stereocenters. The summed E-state index contributed by atoms with van der Waals surface area (Å²) in [7, 11) is 0. The Kier molecular flexibility index (Phi) is 4.54. The first kappa shape index (κ1) is 15.0. The molecule has 0 aliphatic rings. The molecule has 5 nitrogen and oxygen atoms in total. The maximum atomic E-state index is 13.3. The summed E-state index contributed by atoms with van der Waals surface area (Å²) in [5, 5.41) is 2.32. The van der Waals surface area contributed by atoms with Gasteiger partial charge in [-0.15, -0.1) is 11.3 Å². The first-order chi connectivity index (χ1) is 9.97. The molecule has 2 rings (SSSR count). The number of ether oxygens (including phenoxy) is 1. The number of nitrogens with two attached hydrogens (primary N) is 1. The predicted octanol–water partition coefficient (Wildman–Crippen LogP) is 2.57. The van der Waals surface area contributed by atoms with Crippen LogP contribution in [0.3, 0.4) is 0 Å². The molecule has 1 aromatic carbocycles. The Hall–Kier alpha value is -2.41. The number of carbonyl (C=O) groups excluding carboxylic acids is 2. The number of benzene rings is 1. The third-order valence-electron chi connectivity index (χ3n) is 2.64. The minimum Gasteiger partial charge on any atom is -0.451 e. The fourth-order valence-electron chi connectivity index (χ4n) is 1.55. The third-order valence-corrected chi connectivity index (χ3v) is 3.69. The van der Waals surface area contributed by atoms with Crippen molar-refractivity contribution in [1.29, 1.82) is 0 Å². The van der Waals surface area contributed by atoms with E-state index in [1.807, 2.05) is 0 Å². The molecule has 0 fully saturated rings. The van der Waals surface area contributed by atoms with Gasteiger partial charge >= 0.3 is 5.97 Å². The Morgan fingerprint density at radius 2 is 2.10 bits per heavy atom. The Morgan fingerprint density at radius 1 is 1.38 bits per heavy atom. The molecule has 3 N–H and O–H groups in total. The van der Waals surface area contributed by atoms with Gasteiger partial charge in [0.1, 0.15) is 10.7 Å². The number of rotatable bonds is 4. The maximum Gasteiger partial charge on any atom is 0.348 e. The number of nitrogen functional groups attached to an aromatic ring is 1. The van der Waals surface area contributed by atoms with Crippen LogP contribution >= 0.6 is 11.3 Å². The lowest BCUT2D eigenvalue weighted by molar-refractivity contribution is -0.119. The fourth-order valence-corrected chi connectivity index (χ4v) is 2.38. The van der Waals surface area contributed by atoms with Crippen molar-refractivity contribution in [1.82, 2.24) is 0 Å². The van der Waals surface area contributed by atoms with Gasteiger partial charge in [-0.1, -0.05) is 12.1 Å². The normalized spacial score (nSPS) is 10.2. The lowest BCUT2D eigenvalue weighted by Gasteiger charge is -2.06. The van der Waals surface area contributed by atoms with Crippen LogP contribution in [0.1, 0.15) is 14.5 Å². The number of nitrogens with one attached hydrogen (secondary N) is 1. The summed E-state index contributed by atoms with van der Waals surface area (Å²) < 4.78 is 18.2. The molecule has 1 heterocycles. The molecule has 7 heteroatoms. The third kappa shape index (κ3) is 3.79. The molecule has 1 amide bonds. The van der Waals surface area contributed by atoms with Gasteiger partial charge in [0.25, 0.3) is 5.91 Å². The van der Waals surface area contributed by atoms with E-state index >= 15 is 0 Å². The first-order valence-electron chi connectivity index (χ1n) is 6.05. The van der Waals surface area contributed by atoms with Gasteiger partial charge in [-0.2, -0.15) is 0 Å². The largest absolute Gasteiger partial charge is 0.451 e. The average molecular weight is 308 g/mol. The summed E-state index contributed by atoms with van der Waals surface area (Å²) in [5.41, 5.74) is 6.17. The molecule has 0 spiro atoms. The van der Waals surface area contributed by atoms with Gasteiger partial charge in [0.15, 0.2) is 6.61 Å². The number of thiophene rings is 1. The van der Waals surface area contributed by atoms with E-state index in [0.29, 0.717) is 10.6 Å². The standard InChI is InChI=1S/C14H13FN2O3S/c1-8-10(16)6-12(21-8)14(19)20-7-13(18)17-11-5-3-2-4-9(11)15/h2-6H,7,16H2,1H3,(H,17,18). The lowest BCUT2D eigenvalue weighted by Crippen LogP contribution is -2.21. The van der Waals surface area contributed by atoms with Crippen molar-refractivity contribution in [3.8, 4) is 0 Å². The molecule has 21 heavy (non-hydrogen) atoms. The monoisotopic (exact) mass is 308 g/mol. The molecule has 0 radical (unpaired) electrons. The molecular formula is C14H13FN2O3S. The van der Waals surface area contributed by atoms with Crippen LogP contribution in [0.5, 0.6) is 0 Å². The quantitative estimate of drug-likeness (QED) is 0.851. The van der Waals surface area contributed by atoms with Crippen LogP contribution in [-0.2, 0) is 9.53 Å². The van der Waals surface area contributed by atoms with Crippen molar-refractivity contribution in [2.24, 2.45) is 0 Å². The Balaban J connectivity index is 1.89. The van der Waals surface area contributed by atoms with E-state index in [1.165, 1.54) is 35.6 Å². The van der Waals surface area contributed by atoms with Crippen molar-refractivity contribution >= 4 is 34.6 Å². The Morgan fingerprint density at radius 3 is 2.71 bits per heavy atom. The molecule has 2 aromatic rings. The second-order valence-electron chi connectivity index (χ2n) is 4.23. The van der Waals surface area contributed by atoms with Crippen molar-refractivity contribution in [2.45, 2.75) is 6.92 Å². The maximum absolute atomic E-state index is 13.3. The summed E-state index contributed by atoms with van der Waals surface area (Å²) in [6.07, 6.45) is 0. The van der Waals surface area contributed by atoms with Crippen LogP contribution in [0.25, 0.3) is 0 Å². The van der Waals surface area contributed by atoms with Crippen molar-refractivity contribution in [3.05, 3.63) is 45.9 Å². The molecule has 0 saturated heterocycles. The van der Waals surface area contributed by atoms with Gasteiger partial charge in [-0.25, -0.2) is 9.18 Å². The van der Waals surface area contributed by atoms with E-state index in [4.69, 9.17) is 10.5 Å². The van der Waals surface area contributed by atoms with Gasteiger partial charge in [0.2, 0.25) is 0 Å². The molecule has 0 aliphatic carbocycles. The second kappa shape index (κ2) is 6.36. The molecule has 0 aliphatic heterocycles. The highest BCUT2D eigenvalue weighted by Gasteiger charge is 2.14. The summed E-state index contributed by atoms with van der Waals surface area (Å²) in [6.45, 7) is 1.28. The van der Waals surface area contributed by atoms with E-state index in [1.54, 1.807) is 13.0 Å². The number of aryl methyl sites for hydroxylation is 1. The summed E-state index contributed by atoms with van der Waals surface area (Å²) in [5.74, 6) is -1.81. The molecule has 0 saturated carbocycles. The second-order valence-corrected chi connectivity index (χ2v) is 5.48. The Labute approximate surface area is 124 Å². The van der Waals surface area contributed by atoms with Crippen molar-refractivity contribution < 1.29 is 18.7 Å². The van der Waals surface area contributed by atoms with Crippen molar-refractivity contribution in [2.75, 3.05) is 17.7 Å². The number of amides is 1. The van der Waals surface area contributed by atoms with Crippen LogP contribution in [0.2, 0.25) is 0 Å². The molecule has 1 aromatic heterocycles. The minimum absolute atomic E-state index is 0.0368. The number of para-hydroxylation sites is 1. The highest BCUT2D eigenvalue weighted by atomic mass is 32.1. The van der Waals surface area contributed by atoms with Crippen LogP contribution < -0.4 is 11.1 Å². The number of anilines is 2. The number of esters is 1. The zero-order valence-corrected chi connectivity index (χ0v) is 12.0. The van der Waals surface area contributed by atoms with E-state index in [9.17, 15) is 14.0 Å².